The molecule has 1 aromatic heterocycles. The summed E-state index contributed by atoms with van der Waals surface area (Å²) in [5, 5.41) is 23.0. The molecule has 0 spiro atoms. The summed E-state index contributed by atoms with van der Waals surface area (Å²) in [6.07, 6.45) is -1.44. The number of esters is 1. The van der Waals surface area contributed by atoms with E-state index in [4.69, 9.17) is 31.8 Å². The zero-order chi connectivity index (χ0) is 30.8. The molecule has 0 saturated heterocycles. The van der Waals surface area contributed by atoms with Gasteiger partial charge >= 0.3 is 12.1 Å². The molecular formula is C27H37N7O6S. The minimum Gasteiger partial charge on any atom is -0.460 e. The van der Waals surface area contributed by atoms with Gasteiger partial charge in [-0.25, -0.2) is 4.79 Å². The minimum absolute atomic E-state index is 0.0745. The summed E-state index contributed by atoms with van der Waals surface area (Å²) in [7, 11) is 1.14. The van der Waals surface area contributed by atoms with Crippen molar-refractivity contribution in [1.29, 1.82) is 10.8 Å². The fourth-order valence-electron chi connectivity index (χ4n) is 3.79. The third-order valence-corrected chi connectivity index (χ3v) is 6.80. The number of methoxy groups -OCH3 is 1. The highest BCUT2D eigenvalue weighted by atomic mass is 32.1. The first-order chi connectivity index (χ1) is 19.1. The van der Waals surface area contributed by atoms with Crippen molar-refractivity contribution in [2.75, 3.05) is 13.7 Å². The highest BCUT2D eigenvalue weighted by Gasteiger charge is 2.41. The van der Waals surface area contributed by atoms with Crippen LogP contribution in [0.15, 0.2) is 36.4 Å². The van der Waals surface area contributed by atoms with Gasteiger partial charge in [-0.3, -0.25) is 25.2 Å². The fourth-order valence-corrected chi connectivity index (χ4v) is 4.60. The van der Waals surface area contributed by atoms with E-state index < -0.39 is 41.6 Å². The van der Waals surface area contributed by atoms with Crippen LogP contribution in [0, 0.1) is 10.8 Å². The van der Waals surface area contributed by atoms with E-state index in [2.05, 4.69) is 16.0 Å². The van der Waals surface area contributed by atoms with E-state index in [1.807, 2.05) is 0 Å². The quantitative estimate of drug-likeness (QED) is 0.103. The van der Waals surface area contributed by atoms with Gasteiger partial charge in [0.05, 0.1) is 25.1 Å². The van der Waals surface area contributed by atoms with Crippen LogP contribution in [0.4, 0.5) is 4.79 Å². The van der Waals surface area contributed by atoms with Gasteiger partial charge < -0.3 is 36.9 Å². The van der Waals surface area contributed by atoms with Crippen molar-refractivity contribution in [2.24, 2.45) is 11.5 Å². The molecule has 0 aliphatic carbocycles. The molecule has 222 valence electrons. The van der Waals surface area contributed by atoms with Gasteiger partial charge in [0.2, 0.25) is 11.8 Å². The van der Waals surface area contributed by atoms with Crippen LogP contribution in [-0.4, -0.2) is 60.3 Å². The number of nitrogen functional groups attached to an aromatic ring is 2. The predicted octanol–water partition coefficient (Wildman–Crippen LogP) is 1.51. The summed E-state index contributed by atoms with van der Waals surface area (Å²) in [4.78, 5) is 52.6. The van der Waals surface area contributed by atoms with Gasteiger partial charge in [-0.1, -0.05) is 18.2 Å². The number of benzene rings is 1. The average molecular weight is 588 g/mol. The highest BCUT2D eigenvalue weighted by Crippen LogP contribution is 2.23. The molecule has 0 saturated carbocycles. The maximum absolute atomic E-state index is 13.7. The predicted molar refractivity (Wildman–Crippen MR) is 155 cm³/mol. The molecule has 3 amide bonds. The third kappa shape index (κ3) is 10.6. The van der Waals surface area contributed by atoms with Gasteiger partial charge in [0.15, 0.2) is 0 Å². The molecule has 1 atom stereocenters. The Hall–Kier alpha value is -4.46. The fraction of sp³-hybridized carbons (Fsp3) is 0.407. The molecule has 1 unspecified atom stereocenters. The monoisotopic (exact) mass is 587 g/mol. The topological polar surface area (TPSA) is 223 Å². The van der Waals surface area contributed by atoms with Gasteiger partial charge in [0.25, 0.3) is 0 Å². The molecule has 0 radical (unpaired) electrons. The Morgan fingerprint density at radius 3 is 2.29 bits per heavy atom. The average Bonchev–Trinajstić information content (AvgIpc) is 3.38. The summed E-state index contributed by atoms with van der Waals surface area (Å²) in [5.41, 5.74) is 9.55. The molecule has 2 aromatic rings. The van der Waals surface area contributed by atoms with E-state index in [0.29, 0.717) is 16.0 Å². The summed E-state index contributed by atoms with van der Waals surface area (Å²) >= 11 is 1.26. The van der Waals surface area contributed by atoms with Gasteiger partial charge in [-0.15, -0.1) is 11.3 Å². The van der Waals surface area contributed by atoms with Crippen molar-refractivity contribution in [3.63, 3.8) is 0 Å². The molecule has 1 heterocycles. The van der Waals surface area contributed by atoms with Crippen molar-refractivity contribution in [1.82, 2.24) is 16.0 Å². The van der Waals surface area contributed by atoms with Gasteiger partial charge in [0.1, 0.15) is 22.8 Å². The summed E-state index contributed by atoms with van der Waals surface area (Å²) < 4.78 is 10.2. The Balaban J connectivity index is 2.28. The summed E-state index contributed by atoms with van der Waals surface area (Å²) in [6.45, 7) is 4.87. The zero-order valence-corrected chi connectivity index (χ0v) is 24.3. The standard InChI is InChI=1S/C27H37N7O6S/c1-26(2,3)40-21(36)10-11-27(34-25(38)39-4,13-16-6-5-7-17(12-16)22(28)29)24(37)33-15-20(35)32-14-18-8-9-19(41-18)23(30)31/h5-9,12H,10-11,13-15H2,1-4H3,(H3,28,29)(H3,30,31)(H,32,35)(H,33,37)(H,34,38). The molecule has 0 fully saturated rings. The lowest BCUT2D eigenvalue weighted by atomic mass is 9.84. The number of alkyl carbamates (subject to hydrolysis) is 1. The number of carbonyl (C=O) groups excluding carboxylic acids is 4. The number of hydrogen-bond acceptors (Lipinski definition) is 9. The van der Waals surface area contributed by atoms with E-state index in [-0.39, 0.29) is 37.5 Å². The van der Waals surface area contributed by atoms with Crippen LogP contribution in [0.1, 0.15) is 54.5 Å². The number of thiophene rings is 1. The number of carbonyl (C=O) groups is 4. The van der Waals surface area contributed by atoms with Gasteiger partial charge in [0, 0.05) is 23.3 Å². The van der Waals surface area contributed by atoms with Crippen LogP contribution < -0.4 is 27.4 Å². The number of nitrogens with one attached hydrogen (secondary N) is 5. The van der Waals surface area contributed by atoms with E-state index in [9.17, 15) is 19.2 Å². The second-order valence-electron chi connectivity index (χ2n) is 10.2. The molecule has 9 N–H and O–H groups in total. The second kappa shape index (κ2) is 14.3. The minimum atomic E-state index is -1.73. The van der Waals surface area contributed by atoms with Crippen LogP contribution in [0.25, 0.3) is 0 Å². The van der Waals surface area contributed by atoms with Crippen molar-refractivity contribution >= 4 is 46.9 Å². The maximum Gasteiger partial charge on any atom is 0.407 e. The summed E-state index contributed by atoms with van der Waals surface area (Å²) in [6, 6.07) is 9.96. The molecule has 1 aromatic carbocycles. The number of ether oxygens (including phenoxy) is 2. The largest absolute Gasteiger partial charge is 0.460 e. The van der Waals surface area contributed by atoms with Gasteiger partial charge in [-0.2, -0.15) is 0 Å². The van der Waals surface area contributed by atoms with Crippen LogP contribution in [0.2, 0.25) is 0 Å². The molecule has 13 nitrogen and oxygen atoms in total. The number of nitrogens with two attached hydrogens (primary N) is 2. The molecule has 0 aliphatic rings. The zero-order valence-electron chi connectivity index (χ0n) is 23.5. The van der Waals surface area contributed by atoms with Crippen molar-refractivity contribution in [3.05, 3.63) is 57.3 Å². The Morgan fingerprint density at radius 2 is 1.71 bits per heavy atom. The van der Waals surface area contributed by atoms with E-state index in [1.165, 1.54) is 11.3 Å². The molecule has 41 heavy (non-hydrogen) atoms. The van der Waals surface area contributed by atoms with Crippen molar-refractivity contribution < 1.29 is 28.7 Å². The van der Waals surface area contributed by atoms with Crippen LogP contribution in [0.3, 0.4) is 0 Å². The number of amides is 3. The number of rotatable bonds is 13. The van der Waals surface area contributed by atoms with Crippen molar-refractivity contribution in [2.45, 2.75) is 57.7 Å². The van der Waals surface area contributed by atoms with E-state index in [0.717, 1.165) is 12.0 Å². The Labute approximate surface area is 242 Å². The SMILES string of the molecule is COC(=O)NC(CCC(=O)OC(C)(C)C)(Cc1cccc(C(=N)N)c1)C(=O)NCC(=O)NCc1ccc(C(=N)N)s1. The highest BCUT2D eigenvalue weighted by molar-refractivity contribution is 7.14. The first-order valence-electron chi connectivity index (χ1n) is 12.6. The number of hydrogen-bond donors (Lipinski definition) is 7. The van der Waals surface area contributed by atoms with Crippen LogP contribution in [-0.2, 0) is 36.8 Å². The lowest BCUT2D eigenvalue weighted by Crippen LogP contribution is -2.61. The van der Waals surface area contributed by atoms with Crippen LogP contribution in [0.5, 0.6) is 0 Å². The lowest BCUT2D eigenvalue weighted by molar-refractivity contribution is -0.155. The Kier molecular flexibility index (Phi) is 11.4. The maximum atomic E-state index is 13.7. The van der Waals surface area contributed by atoms with Gasteiger partial charge in [-0.05, 0) is 51.0 Å². The van der Waals surface area contributed by atoms with Crippen LogP contribution >= 0.6 is 11.3 Å². The van der Waals surface area contributed by atoms with Crippen molar-refractivity contribution in [3.8, 4) is 0 Å². The second-order valence-corrected chi connectivity index (χ2v) is 11.4. The first-order valence-corrected chi connectivity index (χ1v) is 13.4. The Morgan fingerprint density at radius 1 is 1.00 bits per heavy atom. The van der Waals surface area contributed by atoms with E-state index in [1.54, 1.807) is 57.2 Å². The molecule has 14 heteroatoms. The molecular weight excluding hydrogens is 550 g/mol. The molecule has 0 aliphatic heterocycles. The smallest absolute Gasteiger partial charge is 0.407 e. The molecule has 0 bridgehead atoms. The Bertz CT molecular complexity index is 1300. The summed E-state index contributed by atoms with van der Waals surface area (Å²) in [5.74, 6) is -2.08. The lowest BCUT2D eigenvalue weighted by Gasteiger charge is -2.33. The normalized spacial score (nSPS) is 12.4. The van der Waals surface area contributed by atoms with E-state index >= 15 is 0 Å². The molecule has 2 rings (SSSR count). The third-order valence-electron chi connectivity index (χ3n) is 5.68. The first kappa shape index (κ1) is 32.8. The number of amidine groups is 2.